The molecule has 278 valence electrons. The van der Waals surface area contributed by atoms with Gasteiger partial charge in [-0.05, 0) is 56.5 Å². The van der Waals surface area contributed by atoms with Crippen molar-refractivity contribution >= 4 is 35.4 Å². The lowest BCUT2D eigenvalue weighted by molar-refractivity contribution is -0.159. The van der Waals surface area contributed by atoms with E-state index in [1.807, 2.05) is 69.2 Å². The van der Waals surface area contributed by atoms with Crippen LogP contribution in [0.3, 0.4) is 0 Å². The molecule has 0 aliphatic carbocycles. The van der Waals surface area contributed by atoms with Gasteiger partial charge in [0.25, 0.3) is 0 Å². The van der Waals surface area contributed by atoms with E-state index in [0.717, 1.165) is 24.8 Å². The number of nitrogens with one attached hydrogen (secondary N) is 2. The van der Waals surface area contributed by atoms with E-state index in [1.165, 1.54) is 0 Å². The van der Waals surface area contributed by atoms with Gasteiger partial charge >= 0.3 is 0 Å². The molecule has 2 rings (SSSR count). The molecular formula is C37H64N6O5S. The van der Waals surface area contributed by atoms with Crippen LogP contribution >= 0.6 is 11.8 Å². The normalized spacial score (nSPS) is 19.3. The number of benzene rings is 1. The maximum absolute atomic E-state index is 14.6. The van der Waals surface area contributed by atoms with E-state index in [1.54, 1.807) is 49.8 Å². The minimum Gasteiger partial charge on any atom is -0.379 e. The first kappa shape index (κ1) is 42.5. The fraction of sp³-hybridized carbons (Fsp3) is 0.730. The maximum atomic E-state index is 14.6. The highest BCUT2D eigenvalue weighted by atomic mass is 32.2. The second-order valence-electron chi connectivity index (χ2n) is 14.4. The number of nitrogens with two attached hydrogens (primary N) is 1. The Labute approximate surface area is 299 Å². The first-order valence-electron chi connectivity index (χ1n) is 17.7. The summed E-state index contributed by atoms with van der Waals surface area (Å²) in [7, 11) is 6.95. The van der Waals surface area contributed by atoms with Crippen LogP contribution in [0.4, 0.5) is 0 Å². The summed E-state index contributed by atoms with van der Waals surface area (Å²) in [5.74, 6) is -2.03. The summed E-state index contributed by atoms with van der Waals surface area (Å²) in [6, 6.07) is 9.33. The van der Waals surface area contributed by atoms with Gasteiger partial charge in [0.2, 0.25) is 23.6 Å². The Morgan fingerprint density at radius 3 is 2.18 bits per heavy atom. The molecule has 1 saturated heterocycles. The van der Waals surface area contributed by atoms with Gasteiger partial charge in [-0.15, -0.1) is 0 Å². The standard InChI is InChI=1S/C37H64N6O5S/c1-12-26(6)34(42(9)35(46)33(24(2)3)37(25(4)5,36(38)47)41(7)8)29(48-10)21-32(45)43-20-16-19-28(43)30(49-11)22-31(44)40-39-23-27-17-14-13-15-18-27/h13-15,17-18,24-26,28-30,33-34,39H,12,16,19-23H2,1-11H3,(H2,38,47)(H,40,44). The number of rotatable bonds is 20. The lowest BCUT2D eigenvalue weighted by atomic mass is 9.68. The Morgan fingerprint density at radius 2 is 1.69 bits per heavy atom. The molecule has 1 fully saturated rings. The van der Waals surface area contributed by atoms with E-state index in [4.69, 9.17) is 10.5 Å². The van der Waals surface area contributed by atoms with Crippen LogP contribution in [-0.4, -0.2) is 108 Å². The summed E-state index contributed by atoms with van der Waals surface area (Å²) >= 11 is 1.60. The first-order chi connectivity index (χ1) is 23.1. The van der Waals surface area contributed by atoms with E-state index < -0.39 is 29.5 Å². The highest BCUT2D eigenvalue weighted by molar-refractivity contribution is 7.99. The van der Waals surface area contributed by atoms with Crippen molar-refractivity contribution < 1.29 is 23.9 Å². The minimum atomic E-state index is -1.21. The van der Waals surface area contributed by atoms with Gasteiger partial charge in [0, 0.05) is 45.0 Å². The van der Waals surface area contributed by atoms with Crippen LogP contribution in [0.15, 0.2) is 30.3 Å². The number of likely N-dealkylation sites (N-methyl/N-ethyl adjacent to an activating group) is 2. The van der Waals surface area contributed by atoms with E-state index in [2.05, 4.69) is 24.7 Å². The van der Waals surface area contributed by atoms with Gasteiger partial charge in [0.05, 0.1) is 24.5 Å². The van der Waals surface area contributed by atoms with E-state index in [-0.39, 0.29) is 59.6 Å². The predicted molar refractivity (Wildman–Crippen MR) is 198 cm³/mol. The SMILES string of the molecule is CCC(C)C(C(CC(=O)N1CCCC1C(CC(=O)NNCc1ccccc1)SC)OC)N(C)C(=O)C(C(C)C)C(C(N)=O)(C(C)C)N(C)C. The maximum Gasteiger partial charge on any atom is 0.239 e. The number of carbonyl (C=O) groups excluding carboxylic acids is 4. The van der Waals surface area contributed by atoms with Crippen LogP contribution in [0.2, 0.25) is 0 Å². The van der Waals surface area contributed by atoms with Crippen LogP contribution in [-0.2, 0) is 30.5 Å². The zero-order valence-electron chi connectivity index (χ0n) is 31.8. The molecule has 1 heterocycles. The van der Waals surface area contributed by atoms with Crippen LogP contribution in [0.5, 0.6) is 0 Å². The molecule has 7 unspecified atom stereocenters. The van der Waals surface area contributed by atoms with Gasteiger partial charge in [0.15, 0.2) is 0 Å². The molecule has 0 bridgehead atoms. The Morgan fingerprint density at radius 1 is 1.06 bits per heavy atom. The van der Waals surface area contributed by atoms with Crippen molar-refractivity contribution in [3.8, 4) is 0 Å². The number of amides is 4. The highest BCUT2D eigenvalue weighted by Gasteiger charge is 2.55. The van der Waals surface area contributed by atoms with Crippen molar-refractivity contribution in [3.63, 3.8) is 0 Å². The molecule has 4 N–H and O–H groups in total. The zero-order valence-corrected chi connectivity index (χ0v) is 32.6. The molecule has 0 spiro atoms. The number of nitrogens with zero attached hydrogens (tertiary/aromatic N) is 3. The Bertz CT molecular complexity index is 1210. The topological polar surface area (TPSA) is 137 Å². The van der Waals surface area contributed by atoms with Crippen molar-refractivity contribution in [2.24, 2.45) is 29.4 Å². The third-order valence-electron chi connectivity index (χ3n) is 10.6. The molecule has 12 heteroatoms. The van der Waals surface area contributed by atoms with Gasteiger partial charge < -0.3 is 20.3 Å². The number of hydrogen-bond acceptors (Lipinski definition) is 8. The van der Waals surface area contributed by atoms with Gasteiger partial charge in [-0.2, -0.15) is 11.8 Å². The zero-order chi connectivity index (χ0) is 37.1. The van der Waals surface area contributed by atoms with Crippen molar-refractivity contribution in [3.05, 3.63) is 35.9 Å². The summed E-state index contributed by atoms with van der Waals surface area (Å²) in [5.41, 5.74) is 11.8. The summed E-state index contributed by atoms with van der Waals surface area (Å²) in [6.45, 7) is 13.0. The number of ether oxygens (including phenoxy) is 1. The highest BCUT2D eigenvalue weighted by Crippen LogP contribution is 2.39. The summed E-state index contributed by atoms with van der Waals surface area (Å²) in [6.07, 6.45) is 4.21. The average Bonchev–Trinajstić information content (AvgIpc) is 3.55. The molecule has 0 saturated carbocycles. The number of methoxy groups -OCH3 is 1. The quantitative estimate of drug-likeness (QED) is 0.174. The number of primary amides is 1. The van der Waals surface area contributed by atoms with Crippen molar-refractivity contribution in [2.75, 3.05) is 41.1 Å². The average molecular weight is 705 g/mol. The summed E-state index contributed by atoms with van der Waals surface area (Å²) in [4.78, 5) is 60.2. The van der Waals surface area contributed by atoms with Crippen LogP contribution < -0.4 is 16.6 Å². The number of hydrazine groups is 1. The molecule has 0 aromatic heterocycles. The van der Waals surface area contributed by atoms with Crippen LogP contribution in [0.1, 0.15) is 79.2 Å². The Kier molecular flexibility index (Phi) is 17.0. The molecule has 1 aromatic carbocycles. The molecule has 0 radical (unpaired) electrons. The number of carbonyl (C=O) groups is 4. The molecule has 4 amide bonds. The molecule has 7 atom stereocenters. The van der Waals surface area contributed by atoms with Crippen LogP contribution in [0, 0.1) is 23.7 Å². The van der Waals surface area contributed by atoms with Crippen LogP contribution in [0.25, 0.3) is 0 Å². The van der Waals surface area contributed by atoms with E-state index in [9.17, 15) is 19.2 Å². The first-order valence-corrected chi connectivity index (χ1v) is 19.0. The Hall–Kier alpha value is -2.67. The summed E-state index contributed by atoms with van der Waals surface area (Å²) in [5, 5.41) is -0.0728. The molecule has 1 aliphatic heterocycles. The fourth-order valence-electron chi connectivity index (χ4n) is 7.97. The number of thioether (sulfide) groups is 1. The predicted octanol–water partition coefficient (Wildman–Crippen LogP) is 3.91. The molecule has 1 aromatic rings. The molecule has 49 heavy (non-hydrogen) atoms. The van der Waals surface area contributed by atoms with Gasteiger partial charge in [-0.25, -0.2) is 5.43 Å². The lowest BCUT2D eigenvalue weighted by Gasteiger charge is -2.49. The van der Waals surface area contributed by atoms with E-state index >= 15 is 0 Å². The number of likely N-dealkylation sites (tertiary alicyclic amines) is 1. The monoisotopic (exact) mass is 704 g/mol. The third-order valence-corrected chi connectivity index (χ3v) is 11.7. The van der Waals surface area contributed by atoms with Crippen molar-refractivity contribution in [1.29, 1.82) is 0 Å². The third kappa shape index (κ3) is 10.2. The number of hydrogen-bond donors (Lipinski definition) is 3. The second-order valence-corrected chi connectivity index (χ2v) is 15.5. The van der Waals surface area contributed by atoms with Gasteiger partial charge in [-0.3, -0.25) is 29.5 Å². The lowest BCUT2D eigenvalue weighted by Crippen LogP contribution is -2.68. The van der Waals surface area contributed by atoms with Crippen molar-refractivity contribution in [1.82, 2.24) is 25.6 Å². The van der Waals surface area contributed by atoms with E-state index in [0.29, 0.717) is 13.1 Å². The fourth-order valence-corrected chi connectivity index (χ4v) is 8.89. The summed E-state index contributed by atoms with van der Waals surface area (Å²) < 4.78 is 6.05. The van der Waals surface area contributed by atoms with Crippen molar-refractivity contribution in [2.45, 2.75) is 109 Å². The Balaban J connectivity index is 2.27. The minimum absolute atomic E-state index is 0.00120. The molecule has 1 aliphatic rings. The van der Waals surface area contributed by atoms with Gasteiger partial charge in [0.1, 0.15) is 5.54 Å². The molecular weight excluding hydrogens is 641 g/mol. The molecule has 11 nitrogen and oxygen atoms in total. The second kappa shape index (κ2) is 19.7. The van der Waals surface area contributed by atoms with Gasteiger partial charge in [-0.1, -0.05) is 78.3 Å². The smallest absolute Gasteiger partial charge is 0.239 e. The largest absolute Gasteiger partial charge is 0.379 e.